The minimum Gasteiger partial charge on any atom is -0.372 e. The van der Waals surface area contributed by atoms with Crippen LogP contribution in [-0.4, -0.2) is 55.6 Å². The lowest BCUT2D eigenvalue weighted by atomic mass is 9.92. The lowest BCUT2D eigenvalue weighted by molar-refractivity contribution is -0.125. The van der Waals surface area contributed by atoms with E-state index >= 15 is 0 Å². The van der Waals surface area contributed by atoms with E-state index in [1.54, 1.807) is 6.07 Å². The summed E-state index contributed by atoms with van der Waals surface area (Å²) in [5.41, 5.74) is 5.54. The molecule has 2 amide bonds. The maximum Gasteiger partial charge on any atom is 0.256 e. The summed E-state index contributed by atoms with van der Waals surface area (Å²) in [5.74, 6) is -0.315. The van der Waals surface area contributed by atoms with Crippen LogP contribution in [0.5, 0.6) is 0 Å². The molecule has 0 aliphatic carbocycles. The maximum absolute atomic E-state index is 13.0. The smallest absolute Gasteiger partial charge is 0.256 e. The van der Waals surface area contributed by atoms with E-state index in [1.807, 2.05) is 61.5 Å². The second-order valence-electron chi connectivity index (χ2n) is 10.0. The predicted molar refractivity (Wildman–Crippen MR) is 152 cm³/mol. The zero-order valence-corrected chi connectivity index (χ0v) is 22.5. The van der Waals surface area contributed by atoms with Gasteiger partial charge >= 0.3 is 0 Å². The number of para-hydroxylation sites is 1. The van der Waals surface area contributed by atoms with Gasteiger partial charge in [0.05, 0.1) is 17.3 Å². The number of nitrogens with zero attached hydrogens (tertiary/aromatic N) is 3. The van der Waals surface area contributed by atoms with E-state index in [1.165, 1.54) is 7.11 Å². The highest BCUT2D eigenvalue weighted by molar-refractivity contribution is 6.07. The highest BCUT2D eigenvalue weighted by Crippen LogP contribution is 2.39. The molecule has 2 aliphatic rings. The monoisotopic (exact) mass is 523 g/mol. The second kappa shape index (κ2) is 11.3. The largest absolute Gasteiger partial charge is 0.372 e. The molecule has 3 aromatic rings. The highest BCUT2D eigenvalue weighted by Gasteiger charge is 2.35. The van der Waals surface area contributed by atoms with E-state index in [0.717, 1.165) is 35.6 Å². The topological polar surface area (TPSA) is 97.7 Å². The van der Waals surface area contributed by atoms with E-state index in [2.05, 4.69) is 39.5 Å². The molecule has 200 valence electrons. The number of hydrogen-bond donors (Lipinski definition) is 2. The van der Waals surface area contributed by atoms with Crippen molar-refractivity contribution in [2.45, 2.75) is 38.5 Å². The van der Waals surface area contributed by atoms with Crippen LogP contribution < -0.4 is 15.5 Å². The third kappa shape index (κ3) is 5.11. The summed E-state index contributed by atoms with van der Waals surface area (Å²) in [5, 5.41) is 15.9. The van der Waals surface area contributed by atoms with Crippen LogP contribution in [-0.2, 0) is 9.53 Å². The molecule has 0 saturated carbocycles. The van der Waals surface area contributed by atoms with Crippen LogP contribution in [0.25, 0.3) is 0 Å². The number of nitrogens with one attached hydrogen (secondary N) is 2. The van der Waals surface area contributed by atoms with Crippen LogP contribution in [0.2, 0.25) is 0 Å². The first-order valence-electron chi connectivity index (χ1n) is 13.3. The van der Waals surface area contributed by atoms with Crippen LogP contribution in [0.15, 0.2) is 66.7 Å². The van der Waals surface area contributed by atoms with Gasteiger partial charge in [0.25, 0.3) is 11.8 Å². The van der Waals surface area contributed by atoms with E-state index in [0.29, 0.717) is 29.8 Å². The first-order valence-corrected chi connectivity index (χ1v) is 13.3. The number of nitriles is 1. The molecule has 8 nitrogen and oxygen atoms in total. The molecule has 0 bridgehead atoms. The number of hydrogen-bond acceptors (Lipinski definition) is 6. The summed E-state index contributed by atoms with van der Waals surface area (Å²) in [6, 6.07) is 23.7. The van der Waals surface area contributed by atoms with Gasteiger partial charge in [0.15, 0.2) is 0 Å². The molecule has 3 aromatic carbocycles. The van der Waals surface area contributed by atoms with Crippen molar-refractivity contribution in [1.82, 2.24) is 4.90 Å². The van der Waals surface area contributed by atoms with Crippen molar-refractivity contribution in [2.75, 3.05) is 42.3 Å². The van der Waals surface area contributed by atoms with Gasteiger partial charge in [-0.15, -0.1) is 0 Å². The molecular weight excluding hydrogens is 490 g/mol. The quantitative estimate of drug-likeness (QED) is 0.482. The maximum atomic E-state index is 13.0. The van der Waals surface area contributed by atoms with E-state index < -0.39 is 6.10 Å². The number of anilines is 3. The highest BCUT2D eigenvalue weighted by atomic mass is 16.5. The zero-order valence-electron chi connectivity index (χ0n) is 22.5. The van der Waals surface area contributed by atoms with Crippen molar-refractivity contribution in [3.05, 3.63) is 89.0 Å². The predicted octanol–water partition coefficient (Wildman–Crippen LogP) is 4.79. The number of carbonyl (C=O) groups is 2. The van der Waals surface area contributed by atoms with E-state index in [9.17, 15) is 14.9 Å². The average molecular weight is 524 g/mol. The Morgan fingerprint density at radius 3 is 2.59 bits per heavy atom. The summed E-state index contributed by atoms with van der Waals surface area (Å²) < 4.78 is 5.23. The fraction of sp³-hybridized carbons (Fsp3) is 0.323. The Hall–Kier alpha value is -4.19. The molecule has 8 heteroatoms. The second-order valence-corrected chi connectivity index (χ2v) is 10.0. The van der Waals surface area contributed by atoms with Crippen molar-refractivity contribution < 1.29 is 14.3 Å². The molecule has 39 heavy (non-hydrogen) atoms. The first-order chi connectivity index (χ1) is 18.9. The van der Waals surface area contributed by atoms with E-state index in [-0.39, 0.29) is 23.9 Å². The number of methoxy groups -OCH3 is 1. The molecular formula is C31H33N5O3. The van der Waals surface area contributed by atoms with Gasteiger partial charge in [-0.2, -0.15) is 5.26 Å². The average Bonchev–Trinajstić information content (AvgIpc) is 3.07. The number of fused-ring (bicyclic) bond motifs is 2. The lowest BCUT2D eigenvalue weighted by Crippen LogP contribution is -2.53. The van der Waals surface area contributed by atoms with Crippen LogP contribution in [0, 0.1) is 11.3 Å². The number of ether oxygens (including phenoxy) is 1. The van der Waals surface area contributed by atoms with Gasteiger partial charge in [0.1, 0.15) is 12.2 Å². The Morgan fingerprint density at radius 1 is 1.13 bits per heavy atom. The minimum absolute atomic E-state index is 0.0683. The van der Waals surface area contributed by atoms with Crippen LogP contribution in [0.3, 0.4) is 0 Å². The Labute approximate surface area is 229 Å². The summed E-state index contributed by atoms with van der Waals surface area (Å²) in [4.78, 5) is 30.2. The van der Waals surface area contributed by atoms with Crippen LogP contribution in [0.4, 0.5) is 17.1 Å². The molecule has 2 aliphatic heterocycles. The van der Waals surface area contributed by atoms with E-state index in [4.69, 9.17) is 4.74 Å². The van der Waals surface area contributed by atoms with Gasteiger partial charge in [0.2, 0.25) is 0 Å². The Bertz CT molecular complexity index is 1430. The fourth-order valence-electron chi connectivity index (χ4n) is 5.76. The molecule has 2 heterocycles. The third-order valence-corrected chi connectivity index (χ3v) is 7.67. The standard InChI is InChI=1S/C31H33N5O3/c1-4-28(39-3)31(38)33-22-13-14-27(21(17-22)18-32)36-16-15-35(19-20(36)2)29-23-9-5-6-10-24(23)30(37)34-26-12-8-7-11-25(26)29/h5-14,17,20,28-29H,4,15-16,19H2,1-3H3,(H,33,38)(H,34,37). The molecule has 0 spiro atoms. The number of rotatable bonds is 6. The first kappa shape index (κ1) is 26.4. The summed E-state index contributed by atoms with van der Waals surface area (Å²) in [6.07, 6.45) is 0.0288. The molecule has 2 N–H and O–H groups in total. The summed E-state index contributed by atoms with van der Waals surface area (Å²) >= 11 is 0. The molecule has 3 unspecified atom stereocenters. The Morgan fingerprint density at radius 2 is 1.87 bits per heavy atom. The third-order valence-electron chi connectivity index (χ3n) is 7.67. The summed E-state index contributed by atoms with van der Waals surface area (Å²) in [6.45, 7) is 6.26. The number of piperazine rings is 1. The SMILES string of the molecule is CCC(OC)C(=O)Nc1ccc(N2CCN(C3c4ccccc4NC(=O)c4ccccc43)CC2C)c(C#N)c1. The molecule has 3 atom stereocenters. The normalized spacial score (nSPS) is 19.6. The van der Waals surface area contributed by atoms with Crippen LogP contribution >= 0.6 is 0 Å². The number of amides is 2. The van der Waals surface area contributed by atoms with Crippen molar-refractivity contribution in [1.29, 1.82) is 5.26 Å². The molecule has 1 saturated heterocycles. The Kier molecular flexibility index (Phi) is 7.64. The van der Waals surface area contributed by atoms with Gasteiger partial charge in [0, 0.05) is 49.7 Å². The minimum atomic E-state index is -0.534. The Balaban J connectivity index is 1.40. The van der Waals surface area contributed by atoms with Crippen molar-refractivity contribution in [2.24, 2.45) is 0 Å². The van der Waals surface area contributed by atoms with Gasteiger partial charge in [-0.05, 0) is 54.8 Å². The van der Waals surface area contributed by atoms with Crippen LogP contribution in [0.1, 0.15) is 53.4 Å². The number of carbonyl (C=O) groups excluding carboxylic acids is 2. The van der Waals surface area contributed by atoms with Gasteiger partial charge in [-0.25, -0.2) is 0 Å². The molecule has 5 rings (SSSR count). The van der Waals surface area contributed by atoms with Gasteiger partial charge < -0.3 is 20.3 Å². The molecule has 0 aromatic heterocycles. The van der Waals surface area contributed by atoms with Gasteiger partial charge in [-0.1, -0.05) is 43.3 Å². The molecule has 1 fully saturated rings. The lowest BCUT2D eigenvalue weighted by Gasteiger charge is -2.45. The summed E-state index contributed by atoms with van der Waals surface area (Å²) in [7, 11) is 1.51. The molecule has 0 radical (unpaired) electrons. The van der Waals surface area contributed by atoms with Crippen molar-refractivity contribution in [3.8, 4) is 6.07 Å². The van der Waals surface area contributed by atoms with Crippen molar-refractivity contribution >= 4 is 28.9 Å². The fourth-order valence-corrected chi connectivity index (χ4v) is 5.76. The van der Waals surface area contributed by atoms with Gasteiger partial charge in [-0.3, -0.25) is 14.5 Å². The zero-order chi connectivity index (χ0) is 27.5. The number of benzene rings is 3. The van der Waals surface area contributed by atoms with Crippen molar-refractivity contribution in [3.63, 3.8) is 0 Å².